The number of hydrogen-bond donors (Lipinski definition) is 1. The van der Waals surface area contributed by atoms with Gasteiger partial charge in [-0.2, -0.15) is 0 Å². The van der Waals surface area contributed by atoms with Crippen molar-refractivity contribution in [2.45, 2.75) is 22.6 Å². The Balaban J connectivity index is 1.92. The Morgan fingerprint density at radius 3 is 2.11 bits per heavy atom. The van der Waals surface area contributed by atoms with Gasteiger partial charge in [0, 0.05) is 6.54 Å². The Hall–Kier alpha value is -2.31. The summed E-state index contributed by atoms with van der Waals surface area (Å²) < 4.78 is 89.8. The highest BCUT2D eigenvalue weighted by atomic mass is 32.2. The van der Waals surface area contributed by atoms with E-state index in [1.165, 1.54) is 18.2 Å². The van der Waals surface area contributed by atoms with Gasteiger partial charge in [-0.25, -0.2) is 22.0 Å². The molecule has 1 heterocycles. The fraction of sp³-hybridized carbons (Fsp3) is 0.200. The second-order valence-electron chi connectivity index (χ2n) is 5.68. The number of nitrogens with two attached hydrogens (primary N) is 1. The van der Waals surface area contributed by atoms with Gasteiger partial charge >= 0.3 is 6.36 Å². The lowest BCUT2D eigenvalue weighted by Gasteiger charge is -2.20. The SMILES string of the molecule is NS(=O)(=O)c1ccc2c(c1)CCN2S(=O)(=O)c1ccc(OC(F)(F)F)cc1. The predicted molar refractivity (Wildman–Crippen MR) is 89.2 cm³/mol. The summed E-state index contributed by atoms with van der Waals surface area (Å²) in [4.78, 5) is -0.352. The summed E-state index contributed by atoms with van der Waals surface area (Å²) in [5.41, 5.74) is 0.778. The molecule has 0 fully saturated rings. The third-order valence-electron chi connectivity index (χ3n) is 3.88. The van der Waals surface area contributed by atoms with Gasteiger partial charge in [-0.1, -0.05) is 0 Å². The molecule has 27 heavy (non-hydrogen) atoms. The first-order valence-electron chi connectivity index (χ1n) is 7.42. The lowest BCUT2D eigenvalue weighted by atomic mass is 10.2. The first kappa shape index (κ1) is 19.5. The molecule has 0 spiro atoms. The number of anilines is 1. The van der Waals surface area contributed by atoms with Gasteiger partial charge in [-0.15, -0.1) is 13.2 Å². The maximum atomic E-state index is 12.8. The molecule has 7 nitrogen and oxygen atoms in total. The molecule has 1 aliphatic heterocycles. The summed E-state index contributed by atoms with van der Waals surface area (Å²) in [5.74, 6) is -0.541. The smallest absolute Gasteiger partial charge is 0.406 e. The van der Waals surface area contributed by atoms with Gasteiger partial charge in [0.1, 0.15) is 5.75 Å². The molecule has 0 unspecified atom stereocenters. The highest BCUT2D eigenvalue weighted by Crippen LogP contribution is 2.35. The van der Waals surface area contributed by atoms with Gasteiger partial charge in [-0.3, -0.25) is 4.31 Å². The molecule has 1 aliphatic rings. The molecule has 0 saturated carbocycles. The van der Waals surface area contributed by atoms with Crippen LogP contribution in [-0.4, -0.2) is 29.7 Å². The van der Waals surface area contributed by atoms with Crippen molar-refractivity contribution in [3.8, 4) is 5.75 Å². The van der Waals surface area contributed by atoms with E-state index in [1.807, 2.05) is 0 Å². The van der Waals surface area contributed by atoms with Crippen LogP contribution in [0.15, 0.2) is 52.3 Å². The molecule has 0 radical (unpaired) electrons. The minimum Gasteiger partial charge on any atom is -0.406 e. The number of sulfonamides is 2. The number of rotatable bonds is 4. The van der Waals surface area contributed by atoms with E-state index in [0.29, 0.717) is 5.56 Å². The quantitative estimate of drug-likeness (QED) is 0.811. The molecule has 0 aliphatic carbocycles. The number of benzene rings is 2. The summed E-state index contributed by atoms with van der Waals surface area (Å²) in [6, 6.07) is 7.66. The molecule has 12 heteroatoms. The van der Waals surface area contributed by atoms with E-state index in [0.717, 1.165) is 28.6 Å². The average molecular weight is 422 g/mol. The van der Waals surface area contributed by atoms with Crippen LogP contribution in [0.2, 0.25) is 0 Å². The summed E-state index contributed by atoms with van der Waals surface area (Å²) in [6.07, 6.45) is -4.61. The Bertz CT molecular complexity index is 1080. The zero-order chi connectivity index (χ0) is 20.0. The van der Waals surface area contributed by atoms with Crippen molar-refractivity contribution >= 4 is 25.7 Å². The normalized spacial score (nSPS) is 14.9. The predicted octanol–water partition coefficient (Wildman–Crippen LogP) is 1.98. The van der Waals surface area contributed by atoms with E-state index in [-0.39, 0.29) is 28.4 Å². The summed E-state index contributed by atoms with van der Waals surface area (Å²) in [5, 5.41) is 5.07. The van der Waals surface area contributed by atoms with Crippen molar-refractivity contribution in [1.82, 2.24) is 0 Å². The van der Waals surface area contributed by atoms with Crippen LogP contribution in [0.25, 0.3) is 0 Å². The minimum absolute atomic E-state index is 0.0620. The Morgan fingerprint density at radius 2 is 1.56 bits per heavy atom. The van der Waals surface area contributed by atoms with E-state index in [2.05, 4.69) is 4.74 Å². The largest absolute Gasteiger partial charge is 0.573 e. The Labute approximate surface area is 153 Å². The second kappa shape index (κ2) is 6.39. The van der Waals surface area contributed by atoms with Gasteiger partial charge in [0.15, 0.2) is 0 Å². The minimum atomic E-state index is -4.88. The van der Waals surface area contributed by atoms with E-state index >= 15 is 0 Å². The fourth-order valence-electron chi connectivity index (χ4n) is 2.72. The van der Waals surface area contributed by atoms with E-state index in [4.69, 9.17) is 5.14 Å². The first-order valence-corrected chi connectivity index (χ1v) is 10.4. The van der Waals surface area contributed by atoms with Crippen molar-refractivity contribution in [3.05, 3.63) is 48.0 Å². The van der Waals surface area contributed by atoms with Crippen LogP contribution in [-0.2, 0) is 26.5 Å². The van der Waals surface area contributed by atoms with Gasteiger partial charge in [0.05, 0.1) is 15.5 Å². The summed E-state index contributed by atoms with van der Waals surface area (Å²) in [7, 11) is -7.97. The molecule has 0 atom stereocenters. The number of fused-ring (bicyclic) bond motifs is 1. The molecule has 0 aromatic heterocycles. The van der Waals surface area contributed by atoms with Crippen molar-refractivity contribution in [2.24, 2.45) is 5.14 Å². The van der Waals surface area contributed by atoms with Gasteiger partial charge in [0.2, 0.25) is 10.0 Å². The van der Waals surface area contributed by atoms with Crippen LogP contribution in [0.5, 0.6) is 5.75 Å². The number of hydrogen-bond acceptors (Lipinski definition) is 5. The van der Waals surface area contributed by atoms with Crippen molar-refractivity contribution in [2.75, 3.05) is 10.8 Å². The van der Waals surface area contributed by atoms with Crippen LogP contribution < -0.4 is 14.2 Å². The van der Waals surface area contributed by atoms with Crippen molar-refractivity contribution in [1.29, 1.82) is 0 Å². The highest BCUT2D eigenvalue weighted by Gasteiger charge is 2.33. The van der Waals surface area contributed by atoms with Gasteiger partial charge < -0.3 is 4.74 Å². The summed E-state index contributed by atoms with van der Waals surface area (Å²) >= 11 is 0. The van der Waals surface area contributed by atoms with E-state index < -0.39 is 32.2 Å². The number of halogens is 3. The standard InChI is InChI=1S/C15H13F3N2O5S2/c16-15(17,18)25-11-1-3-12(4-2-11)27(23,24)20-8-7-10-9-13(26(19,21)22)5-6-14(10)20/h1-6,9H,7-8H2,(H2,19,21,22). The third kappa shape index (κ3) is 4.01. The zero-order valence-electron chi connectivity index (χ0n) is 13.5. The molecule has 0 saturated heterocycles. The van der Waals surface area contributed by atoms with Crippen molar-refractivity contribution in [3.63, 3.8) is 0 Å². The Kier molecular flexibility index (Phi) is 4.60. The maximum absolute atomic E-state index is 12.8. The molecule has 2 aromatic carbocycles. The third-order valence-corrected chi connectivity index (χ3v) is 6.62. The van der Waals surface area contributed by atoms with Gasteiger partial charge in [-0.05, 0) is 54.4 Å². The van der Waals surface area contributed by atoms with Crippen LogP contribution in [0, 0.1) is 0 Å². The number of alkyl halides is 3. The maximum Gasteiger partial charge on any atom is 0.573 e. The highest BCUT2D eigenvalue weighted by molar-refractivity contribution is 7.92. The monoisotopic (exact) mass is 422 g/mol. The first-order chi connectivity index (χ1) is 12.4. The molecule has 3 rings (SSSR count). The van der Waals surface area contributed by atoms with Gasteiger partial charge in [0.25, 0.3) is 10.0 Å². The topological polar surface area (TPSA) is 107 Å². The molecule has 146 valence electrons. The lowest BCUT2D eigenvalue weighted by molar-refractivity contribution is -0.274. The molecular weight excluding hydrogens is 409 g/mol. The summed E-state index contributed by atoms with van der Waals surface area (Å²) in [6.45, 7) is 0.0620. The molecule has 2 aromatic rings. The number of primary sulfonamides is 1. The van der Waals surface area contributed by atoms with Crippen LogP contribution in [0.3, 0.4) is 0 Å². The molecule has 0 amide bonds. The van der Waals surface area contributed by atoms with E-state index in [1.54, 1.807) is 0 Å². The average Bonchev–Trinajstić information content (AvgIpc) is 2.97. The molecule has 0 bridgehead atoms. The lowest BCUT2D eigenvalue weighted by Crippen LogP contribution is -2.29. The fourth-order valence-corrected chi connectivity index (χ4v) is 4.78. The number of nitrogens with zero attached hydrogens (tertiary/aromatic N) is 1. The van der Waals surface area contributed by atoms with Crippen LogP contribution in [0.1, 0.15) is 5.56 Å². The zero-order valence-corrected chi connectivity index (χ0v) is 15.1. The molecule has 2 N–H and O–H groups in total. The van der Waals surface area contributed by atoms with E-state index in [9.17, 15) is 30.0 Å². The van der Waals surface area contributed by atoms with Crippen LogP contribution >= 0.6 is 0 Å². The number of ether oxygens (including phenoxy) is 1. The van der Waals surface area contributed by atoms with Crippen molar-refractivity contribution < 1.29 is 34.7 Å². The molecular formula is C15H13F3N2O5S2. The van der Waals surface area contributed by atoms with Crippen LogP contribution in [0.4, 0.5) is 18.9 Å². The Morgan fingerprint density at radius 1 is 0.963 bits per heavy atom. The second-order valence-corrected chi connectivity index (χ2v) is 9.11.